The second-order valence-corrected chi connectivity index (χ2v) is 7.05. The van der Waals surface area contributed by atoms with Gasteiger partial charge in [0.25, 0.3) is 0 Å². The molecule has 2 aromatic rings. The van der Waals surface area contributed by atoms with Gasteiger partial charge in [0.1, 0.15) is 5.75 Å². The molecule has 2 rings (SSSR count). The predicted molar refractivity (Wildman–Crippen MR) is 103 cm³/mol. The fourth-order valence-electron chi connectivity index (χ4n) is 2.50. The van der Waals surface area contributed by atoms with Gasteiger partial charge in [-0.2, -0.15) is 0 Å². The van der Waals surface area contributed by atoms with Crippen LogP contribution in [-0.2, 0) is 16.0 Å². The molecule has 0 aliphatic rings. The molecule has 0 radical (unpaired) electrons. The maximum Gasteiger partial charge on any atom is 0.308 e. The zero-order valence-electron chi connectivity index (χ0n) is 14.9. The van der Waals surface area contributed by atoms with Gasteiger partial charge in [0.05, 0.1) is 18.8 Å². The Labute approximate surface area is 157 Å². The standard InChI is InChI=1S/C20H23NO4S/c1-14-5-3-6-15(9-14)10-16(20(23)24)12-21-19(22)13-26-18-8-4-7-17(11-18)25-2/h3-9,11,16H,10,12-13H2,1-2H3,(H,21,22)(H,23,24). The third-order valence-electron chi connectivity index (χ3n) is 3.87. The van der Waals surface area contributed by atoms with Gasteiger partial charge in [0, 0.05) is 11.4 Å². The van der Waals surface area contributed by atoms with Crippen LogP contribution in [0, 0.1) is 12.8 Å². The number of thioether (sulfide) groups is 1. The van der Waals surface area contributed by atoms with Crippen LogP contribution in [-0.4, -0.2) is 36.4 Å². The minimum Gasteiger partial charge on any atom is -0.497 e. The smallest absolute Gasteiger partial charge is 0.308 e. The number of carboxylic acids is 1. The molecule has 0 fully saturated rings. The number of hydrogen-bond acceptors (Lipinski definition) is 4. The van der Waals surface area contributed by atoms with Crippen molar-refractivity contribution in [3.8, 4) is 5.75 Å². The molecule has 2 N–H and O–H groups in total. The number of methoxy groups -OCH3 is 1. The summed E-state index contributed by atoms with van der Waals surface area (Å²) < 4.78 is 5.15. The summed E-state index contributed by atoms with van der Waals surface area (Å²) in [5.41, 5.74) is 2.04. The van der Waals surface area contributed by atoms with E-state index in [1.165, 1.54) is 11.8 Å². The molecule has 26 heavy (non-hydrogen) atoms. The summed E-state index contributed by atoms with van der Waals surface area (Å²) in [4.78, 5) is 24.5. The number of hydrogen-bond donors (Lipinski definition) is 2. The maximum absolute atomic E-state index is 12.0. The van der Waals surface area contributed by atoms with Crippen molar-refractivity contribution in [3.05, 3.63) is 59.7 Å². The van der Waals surface area contributed by atoms with Crippen molar-refractivity contribution in [2.24, 2.45) is 5.92 Å². The summed E-state index contributed by atoms with van der Waals surface area (Å²) in [5.74, 6) is -0.785. The average Bonchev–Trinajstić information content (AvgIpc) is 2.63. The lowest BCUT2D eigenvalue weighted by atomic mass is 9.98. The van der Waals surface area contributed by atoms with Gasteiger partial charge in [-0.25, -0.2) is 0 Å². The van der Waals surface area contributed by atoms with Gasteiger partial charge in [-0.1, -0.05) is 35.9 Å². The Kier molecular flexibility index (Phi) is 7.53. The Morgan fingerprint density at radius 3 is 2.65 bits per heavy atom. The average molecular weight is 373 g/mol. The summed E-state index contributed by atoms with van der Waals surface area (Å²) in [6.07, 6.45) is 0.389. The summed E-state index contributed by atoms with van der Waals surface area (Å²) >= 11 is 1.38. The number of nitrogens with one attached hydrogen (secondary N) is 1. The molecule has 1 atom stereocenters. The fourth-order valence-corrected chi connectivity index (χ4v) is 3.27. The van der Waals surface area contributed by atoms with Crippen molar-refractivity contribution in [3.63, 3.8) is 0 Å². The van der Waals surface area contributed by atoms with Crippen molar-refractivity contribution in [2.45, 2.75) is 18.2 Å². The molecule has 1 amide bonds. The summed E-state index contributed by atoms with van der Waals surface area (Å²) in [6, 6.07) is 15.2. The van der Waals surface area contributed by atoms with E-state index in [2.05, 4.69) is 5.32 Å². The molecule has 0 heterocycles. The van der Waals surface area contributed by atoms with E-state index in [4.69, 9.17) is 4.74 Å². The number of aliphatic carboxylic acids is 1. The van der Waals surface area contributed by atoms with Gasteiger partial charge < -0.3 is 15.2 Å². The molecule has 138 valence electrons. The minimum atomic E-state index is -0.910. The third-order valence-corrected chi connectivity index (χ3v) is 4.86. The van der Waals surface area contributed by atoms with Crippen molar-refractivity contribution >= 4 is 23.6 Å². The molecule has 0 saturated heterocycles. The number of rotatable bonds is 9. The lowest BCUT2D eigenvalue weighted by molar-refractivity contribution is -0.141. The molecule has 2 aromatic carbocycles. The van der Waals surface area contributed by atoms with Gasteiger partial charge in [-0.05, 0) is 37.1 Å². The van der Waals surface area contributed by atoms with E-state index in [0.717, 1.165) is 21.8 Å². The Balaban J connectivity index is 1.84. The number of carbonyl (C=O) groups is 2. The molecule has 0 aliphatic heterocycles. The molecule has 0 bridgehead atoms. The van der Waals surface area contributed by atoms with Crippen LogP contribution in [0.5, 0.6) is 5.75 Å². The molecule has 5 nitrogen and oxygen atoms in total. The zero-order chi connectivity index (χ0) is 18.9. The maximum atomic E-state index is 12.0. The molecule has 0 aliphatic carbocycles. The van der Waals surface area contributed by atoms with Crippen LogP contribution >= 0.6 is 11.8 Å². The number of carboxylic acid groups (broad SMARTS) is 1. The summed E-state index contributed by atoms with van der Waals surface area (Å²) in [6.45, 7) is 2.08. The van der Waals surface area contributed by atoms with Gasteiger partial charge in [-0.3, -0.25) is 9.59 Å². The molecular formula is C20H23NO4S. The number of ether oxygens (including phenoxy) is 1. The Bertz CT molecular complexity index is 763. The highest BCUT2D eigenvalue weighted by Crippen LogP contribution is 2.22. The van der Waals surface area contributed by atoms with E-state index in [9.17, 15) is 14.7 Å². The topological polar surface area (TPSA) is 75.6 Å². The van der Waals surface area contributed by atoms with Crippen LogP contribution in [0.25, 0.3) is 0 Å². The van der Waals surface area contributed by atoms with E-state index in [0.29, 0.717) is 6.42 Å². The van der Waals surface area contributed by atoms with Crippen molar-refractivity contribution in [2.75, 3.05) is 19.4 Å². The normalized spacial score (nSPS) is 11.6. The first-order chi connectivity index (χ1) is 12.5. The monoisotopic (exact) mass is 373 g/mol. The van der Waals surface area contributed by atoms with Gasteiger partial charge in [0.2, 0.25) is 5.91 Å². The number of carbonyl (C=O) groups excluding carboxylic acids is 1. The van der Waals surface area contributed by atoms with Crippen LogP contribution in [0.1, 0.15) is 11.1 Å². The van der Waals surface area contributed by atoms with Crippen LogP contribution in [0.2, 0.25) is 0 Å². The highest BCUT2D eigenvalue weighted by molar-refractivity contribution is 8.00. The van der Waals surface area contributed by atoms with E-state index in [-0.39, 0.29) is 18.2 Å². The van der Waals surface area contributed by atoms with Crippen LogP contribution in [0.3, 0.4) is 0 Å². The van der Waals surface area contributed by atoms with Crippen LogP contribution in [0.4, 0.5) is 0 Å². The predicted octanol–water partition coefficient (Wildman–Crippen LogP) is 3.16. The van der Waals surface area contributed by atoms with E-state index >= 15 is 0 Å². The highest BCUT2D eigenvalue weighted by Gasteiger charge is 2.19. The molecule has 0 spiro atoms. The van der Waals surface area contributed by atoms with Crippen molar-refractivity contribution < 1.29 is 19.4 Å². The number of amides is 1. The molecular weight excluding hydrogens is 350 g/mol. The summed E-state index contributed by atoms with van der Waals surface area (Å²) in [5, 5.41) is 12.1. The van der Waals surface area contributed by atoms with E-state index in [1.54, 1.807) is 7.11 Å². The zero-order valence-corrected chi connectivity index (χ0v) is 15.7. The van der Waals surface area contributed by atoms with Gasteiger partial charge in [-0.15, -0.1) is 11.8 Å². The van der Waals surface area contributed by atoms with Crippen LogP contribution in [0.15, 0.2) is 53.4 Å². The molecule has 0 aromatic heterocycles. The first-order valence-corrected chi connectivity index (χ1v) is 9.28. The Morgan fingerprint density at radius 2 is 1.96 bits per heavy atom. The van der Waals surface area contributed by atoms with Crippen molar-refractivity contribution in [1.82, 2.24) is 5.32 Å². The number of benzene rings is 2. The Morgan fingerprint density at radius 1 is 1.19 bits per heavy atom. The minimum absolute atomic E-state index is 0.112. The van der Waals surface area contributed by atoms with Gasteiger partial charge in [0.15, 0.2) is 0 Å². The largest absolute Gasteiger partial charge is 0.497 e. The van der Waals surface area contributed by atoms with Crippen molar-refractivity contribution in [1.29, 1.82) is 0 Å². The molecule has 1 unspecified atom stereocenters. The first-order valence-electron chi connectivity index (χ1n) is 8.30. The first kappa shape index (κ1) is 19.8. The lowest BCUT2D eigenvalue weighted by Crippen LogP contribution is -2.35. The van der Waals surface area contributed by atoms with E-state index in [1.807, 2.05) is 55.5 Å². The second-order valence-electron chi connectivity index (χ2n) is 6.00. The quantitative estimate of drug-likeness (QED) is 0.661. The number of aryl methyl sites for hydroxylation is 1. The Hall–Kier alpha value is -2.47. The molecule has 6 heteroatoms. The fraction of sp³-hybridized carbons (Fsp3) is 0.300. The summed E-state index contributed by atoms with van der Waals surface area (Å²) in [7, 11) is 1.59. The molecule has 0 saturated carbocycles. The second kappa shape index (κ2) is 9.87. The third kappa shape index (κ3) is 6.44. The van der Waals surface area contributed by atoms with E-state index < -0.39 is 11.9 Å². The SMILES string of the molecule is COc1cccc(SCC(=O)NCC(Cc2cccc(C)c2)C(=O)O)c1. The lowest BCUT2D eigenvalue weighted by Gasteiger charge is -2.14. The highest BCUT2D eigenvalue weighted by atomic mass is 32.2. The van der Waals surface area contributed by atoms with Crippen LogP contribution < -0.4 is 10.1 Å². The van der Waals surface area contributed by atoms with Gasteiger partial charge >= 0.3 is 5.97 Å².